The number of para-hydroxylation sites is 1. The summed E-state index contributed by atoms with van der Waals surface area (Å²) in [4.78, 5) is 22.6. The van der Waals surface area contributed by atoms with E-state index in [0.717, 1.165) is 15.6 Å². The number of nitro groups is 1. The van der Waals surface area contributed by atoms with E-state index in [-0.39, 0.29) is 12.1 Å². The first-order valence-corrected chi connectivity index (χ1v) is 10.2. The molecule has 0 fully saturated rings. The first-order valence-electron chi connectivity index (χ1n) is 9.44. The molecule has 3 rings (SSSR count). The van der Waals surface area contributed by atoms with Gasteiger partial charge in [0.25, 0.3) is 5.69 Å². The number of amides is 1. The zero-order chi connectivity index (χ0) is 22.2. The minimum Gasteiger partial charge on any atom is -0.488 e. The summed E-state index contributed by atoms with van der Waals surface area (Å²) in [5, 5.41) is 15.0. The second-order valence-electron chi connectivity index (χ2n) is 6.82. The van der Waals surface area contributed by atoms with Crippen LogP contribution in [0.25, 0.3) is 0 Å². The fourth-order valence-electron chi connectivity index (χ4n) is 2.91. The highest BCUT2D eigenvalue weighted by molar-refractivity contribution is 9.10. The summed E-state index contributed by atoms with van der Waals surface area (Å²) in [6.45, 7) is 2.49. The fourth-order valence-corrected chi connectivity index (χ4v) is 3.42. The Labute approximate surface area is 188 Å². The lowest BCUT2D eigenvalue weighted by molar-refractivity contribution is -0.385. The molecular formula is C23H20BrN3O4. The summed E-state index contributed by atoms with van der Waals surface area (Å²) < 4.78 is 6.62. The summed E-state index contributed by atoms with van der Waals surface area (Å²) in [5.41, 5.74) is 5.64. The van der Waals surface area contributed by atoms with Crippen LogP contribution < -0.4 is 10.2 Å². The van der Waals surface area contributed by atoms with Crippen LogP contribution in [-0.4, -0.2) is 17.0 Å². The molecule has 0 aliphatic heterocycles. The van der Waals surface area contributed by atoms with Crippen molar-refractivity contribution in [2.24, 2.45) is 5.10 Å². The first kappa shape index (κ1) is 22.2. The number of hydrazone groups is 1. The molecule has 7 nitrogen and oxygen atoms in total. The molecule has 0 aliphatic carbocycles. The molecule has 158 valence electrons. The minimum absolute atomic E-state index is 0.0909. The SMILES string of the molecule is Cc1cccc(COc2ccc(C=NNC(=O)Cc3ccccc3[N+](=O)[O-])cc2Br)c1. The Morgan fingerprint density at radius 2 is 1.97 bits per heavy atom. The summed E-state index contributed by atoms with van der Waals surface area (Å²) >= 11 is 3.48. The van der Waals surface area contributed by atoms with Crippen molar-refractivity contribution in [3.63, 3.8) is 0 Å². The van der Waals surface area contributed by atoms with Crippen molar-refractivity contribution in [1.82, 2.24) is 5.43 Å². The van der Waals surface area contributed by atoms with Gasteiger partial charge in [-0.1, -0.05) is 48.0 Å². The van der Waals surface area contributed by atoms with Crippen LogP contribution in [-0.2, 0) is 17.8 Å². The Balaban J connectivity index is 1.56. The van der Waals surface area contributed by atoms with Gasteiger partial charge in [0.1, 0.15) is 12.4 Å². The third-order valence-corrected chi connectivity index (χ3v) is 4.99. The molecule has 0 aliphatic rings. The molecule has 1 amide bonds. The number of rotatable bonds is 8. The quantitative estimate of drug-likeness (QED) is 0.280. The normalized spacial score (nSPS) is 10.8. The van der Waals surface area contributed by atoms with E-state index < -0.39 is 10.8 Å². The number of ether oxygens (including phenoxy) is 1. The van der Waals surface area contributed by atoms with Crippen LogP contribution in [0.4, 0.5) is 5.69 Å². The molecule has 8 heteroatoms. The van der Waals surface area contributed by atoms with E-state index in [1.165, 1.54) is 17.8 Å². The molecule has 0 heterocycles. The number of nitrogens with zero attached hydrogens (tertiary/aromatic N) is 2. The lowest BCUT2D eigenvalue weighted by Gasteiger charge is -2.09. The Kier molecular flexibility index (Phi) is 7.50. The summed E-state index contributed by atoms with van der Waals surface area (Å²) in [6, 6.07) is 19.7. The van der Waals surface area contributed by atoms with Gasteiger partial charge in [0.2, 0.25) is 5.91 Å². The molecular weight excluding hydrogens is 462 g/mol. The van der Waals surface area contributed by atoms with Crippen molar-refractivity contribution in [3.05, 3.63) is 104 Å². The monoisotopic (exact) mass is 481 g/mol. The molecule has 1 N–H and O–H groups in total. The van der Waals surface area contributed by atoms with Gasteiger partial charge < -0.3 is 4.74 Å². The van der Waals surface area contributed by atoms with Crippen LogP contribution in [0.2, 0.25) is 0 Å². The van der Waals surface area contributed by atoms with Gasteiger partial charge in [0.05, 0.1) is 22.0 Å². The van der Waals surface area contributed by atoms with E-state index in [2.05, 4.69) is 32.5 Å². The predicted octanol–water partition coefficient (Wildman–Crippen LogP) is 4.94. The molecule has 0 saturated heterocycles. The van der Waals surface area contributed by atoms with Crippen molar-refractivity contribution < 1.29 is 14.5 Å². The Morgan fingerprint density at radius 3 is 2.71 bits per heavy atom. The van der Waals surface area contributed by atoms with Crippen LogP contribution in [0.15, 0.2) is 76.3 Å². The predicted molar refractivity (Wildman–Crippen MR) is 122 cm³/mol. The van der Waals surface area contributed by atoms with Gasteiger partial charge in [-0.05, 0) is 52.2 Å². The Hall–Kier alpha value is -3.52. The standard InChI is InChI=1S/C23H20BrN3O4/c1-16-5-4-6-18(11-16)15-31-22-10-9-17(12-20(22)24)14-25-26-23(28)13-19-7-2-3-8-21(19)27(29)30/h2-12,14H,13,15H2,1H3,(H,26,28). The average molecular weight is 482 g/mol. The Bertz CT molecular complexity index is 1130. The number of carbonyl (C=O) groups is 1. The molecule has 0 bridgehead atoms. The molecule has 31 heavy (non-hydrogen) atoms. The second-order valence-corrected chi connectivity index (χ2v) is 7.68. The molecule has 0 atom stereocenters. The Morgan fingerprint density at radius 1 is 1.16 bits per heavy atom. The average Bonchev–Trinajstić information content (AvgIpc) is 2.73. The van der Waals surface area contributed by atoms with Gasteiger partial charge in [-0.25, -0.2) is 5.43 Å². The number of nitro benzene ring substituents is 1. The number of nitrogens with one attached hydrogen (secondary N) is 1. The van der Waals surface area contributed by atoms with Crippen LogP contribution in [0.1, 0.15) is 22.3 Å². The van der Waals surface area contributed by atoms with Crippen LogP contribution >= 0.6 is 15.9 Å². The van der Waals surface area contributed by atoms with Gasteiger partial charge in [-0.3, -0.25) is 14.9 Å². The molecule has 0 aromatic heterocycles. The van der Waals surface area contributed by atoms with Gasteiger partial charge in [-0.15, -0.1) is 0 Å². The molecule has 3 aromatic carbocycles. The number of carbonyl (C=O) groups excluding carboxylic acids is 1. The van der Waals surface area contributed by atoms with Gasteiger partial charge in [0, 0.05) is 11.6 Å². The van der Waals surface area contributed by atoms with Crippen molar-refractivity contribution in [2.75, 3.05) is 0 Å². The van der Waals surface area contributed by atoms with Crippen molar-refractivity contribution >= 4 is 33.7 Å². The number of hydrogen-bond acceptors (Lipinski definition) is 5. The molecule has 0 saturated carbocycles. The topological polar surface area (TPSA) is 93.8 Å². The second kappa shape index (κ2) is 10.5. The van der Waals surface area contributed by atoms with E-state index in [9.17, 15) is 14.9 Å². The van der Waals surface area contributed by atoms with Crippen LogP contribution in [0.5, 0.6) is 5.75 Å². The van der Waals surface area contributed by atoms with E-state index in [1.807, 2.05) is 43.3 Å². The highest BCUT2D eigenvalue weighted by atomic mass is 79.9. The van der Waals surface area contributed by atoms with E-state index in [4.69, 9.17) is 4.74 Å². The summed E-state index contributed by atoms with van der Waals surface area (Å²) in [7, 11) is 0. The zero-order valence-electron chi connectivity index (χ0n) is 16.7. The number of benzene rings is 3. The van der Waals surface area contributed by atoms with Crippen molar-refractivity contribution in [1.29, 1.82) is 0 Å². The smallest absolute Gasteiger partial charge is 0.273 e. The number of hydrogen-bond donors (Lipinski definition) is 1. The van der Waals surface area contributed by atoms with Gasteiger partial charge in [-0.2, -0.15) is 5.10 Å². The third kappa shape index (κ3) is 6.48. The van der Waals surface area contributed by atoms with E-state index >= 15 is 0 Å². The minimum atomic E-state index is -0.508. The molecule has 3 aromatic rings. The number of halogens is 1. The first-order chi connectivity index (χ1) is 14.9. The number of aryl methyl sites for hydroxylation is 1. The molecule has 0 radical (unpaired) electrons. The lowest BCUT2D eigenvalue weighted by Crippen LogP contribution is -2.20. The largest absolute Gasteiger partial charge is 0.488 e. The maximum atomic E-state index is 12.1. The van der Waals surface area contributed by atoms with Crippen LogP contribution in [0, 0.1) is 17.0 Å². The maximum Gasteiger partial charge on any atom is 0.273 e. The van der Waals surface area contributed by atoms with Gasteiger partial charge in [0.15, 0.2) is 0 Å². The fraction of sp³-hybridized carbons (Fsp3) is 0.130. The lowest BCUT2D eigenvalue weighted by atomic mass is 10.1. The molecule has 0 spiro atoms. The van der Waals surface area contributed by atoms with E-state index in [1.54, 1.807) is 18.2 Å². The highest BCUT2D eigenvalue weighted by Gasteiger charge is 2.15. The van der Waals surface area contributed by atoms with Crippen molar-refractivity contribution in [2.45, 2.75) is 20.0 Å². The van der Waals surface area contributed by atoms with Gasteiger partial charge >= 0.3 is 0 Å². The maximum absolute atomic E-state index is 12.1. The highest BCUT2D eigenvalue weighted by Crippen LogP contribution is 2.26. The molecule has 0 unspecified atom stereocenters. The third-order valence-electron chi connectivity index (χ3n) is 4.37. The summed E-state index contributed by atoms with van der Waals surface area (Å²) in [6.07, 6.45) is 1.36. The summed E-state index contributed by atoms with van der Waals surface area (Å²) in [5.74, 6) is 0.252. The van der Waals surface area contributed by atoms with Crippen LogP contribution in [0.3, 0.4) is 0 Å². The van der Waals surface area contributed by atoms with E-state index in [0.29, 0.717) is 17.9 Å². The zero-order valence-corrected chi connectivity index (χ0v) is 18.3. The van der Waals surface area contributed by atoms with Crippen molar-refractivity contribution in [3.8, 4) is 5.75 Å².